The van der Waals surface area contributed by atoms with E-state index in [0.29, 0.717) is 11.3 Å². The number of halogens is 3. The van der Waals surface area contributed by atoms with Gasteiger partial charge in [-0.1, -0.05) is 6.07 Å². The second-order valence-corrected chi connectivity index (χ2v) is 4.05. The number of aromatic nitrogens is 1. The van der Waals surface area contributed by atoms with E-state index in [1.54, 1.807) is 19.1 Å². The minimum Gasteiger partial charge on any atom is -0.399 e. The van der Waals surface area contributed by atoms with Crippen LogP contribution in [-0.4, -0.2) is 4.98 Å². The summed E-state index contributed by atoms with van der Waals surface area (Å²) in [5.41, 5.74) is 6.65. The molecule has 0 bridgehead atoms. The van der Waals surface area contributed by atoms with E-state index in [2.05, 4.69) is 4.98 Å². The average Bonchev–Trinajstić information content (AvgIpc) is 2.26. The Labute approximate surface area is 102 Å². The minimum atomic E-state index is -4.41. The summed E-state index contributed by atoms with van der Waals surface area (Å²) < 4.78 is 38.6. The van der Waals surface area contributed by atoms with E-state index < -0.39 is 11.7 Å². The van der Waals surface area contributed by atoms with Gasteiger partial charge in [0.2, 0.25) is 0 Å². The van der Waals surface area contributed by atoms with E-state index in [9.17, 15) is 13.2 Å². The number of benzene rings is 1. The summed E-state index contributed by atoms with van der Waals surface area (Å²) in [5.74, 6) is 0. The van der Waals surface area contributed by atoms with Crippen LogP contribution in [0.1, 0.15) is 11.1 Å². The lowest BCUT2D eigenvalue weighted by Gasteiger charge is -2.13. The molecule has 1 aromatic heterocycles. The fraction of sp³-hybridized carbons (Fsp3) is 0.154. The molecule has 0 aliphatic carbocycles. The van der Waals surface area contributed by atoms with Crippen LogP contribution in [0.15, 0.2) is 36.7 Å². The molecule has 0 unspecified atom stereocenters. The monoisotopic (exact) mass is 252 g/mol. The van der Waals surface area contributed by atoms with Crippen LogP contribution in [0.4, 0.5) is 18.9 Å². The number of aryl methyl sites for hydroxylation is 1. The second-order valence-electron chi connectivity index (χ2n) is 4.05. The van der Waals surface area contributed by atoms with Crippen LogP contribution in [0.2, 0.25) is 0 Å². The number of alkyl halides is 3. The first kappa shape index (κ1) is 12.4. The van der Waals surface area contributed by atoms with E-state index >= 15 is 0 Å². The van der Waals surface area contributed by atoms with Gasteiger partial charge in [-0.2, -0.15) is 13.2 Å². The SMILES string of the molecule is Cc1cc(N)cc(-c2cnccc2C(F)(F)F)c1. The molecule has 5 heteroatoms. The van der Waals surface area contributed by atoms with Crippen LogP contribution in [0.25, 0.3) is 11.1 Å². The van der Waals surface area contributed by atoms with Gasteiger partial charge in [0.1, 0.15) is 0 Å². The van der Waals surface area contributed by atoms with Gasteiger partial charge in [0.25, 0.3) is 0 Å². The lowest BCUT2D eigenvalue weighted by Crippen LogP contribution is -2.07. The lowest BCUT2D eigenvalue weighted by molar-refractivity contribution is -0.137. The highest BCUT2D eigenvalue weighted by molar-refractivity contribution is 5.71. The number of rotatable bonds is 1. The van der Waals surface area contributed by atoms with Crippen molar-refractivity contribution in [1.82, 2.24) is 4.98 Å². The van der Waals surface area contributed by atoms with E-state index in [0.717, 1.165) is 17.8 Å². The summed E-state index contributed by atoms with van der Waals surface area (Å²) in [4.78, 5) is 3.75. The van der Waals surface area contributed by atoms with Crippen molar-refractivity contribution in [2.75, 3.05) is 5.73 Å². The Hall–Kier alpha value is -2.04. The van der Waals surface area contributed by atoms with Crippen molar-refractivity contribution < 1.29 is 13.2 Å². The number of hydrogen-bond acceptors (Lipinski definition) is 2. The van der Waals surface area contributed by atoms with Crippen LogP contribution in [0, 0.1) is 6.92 Å². The van der Waals surface area contributed by atoms with Crippen molar-refractivity contribution in [2.24, 2.45) is 0 Å². The fourth-order valence-electron chi connectivity index (χ4n) is 1.84. The first-order chi connectivity index (χ1) is 8.38. The number of anilines is 1. The van der Waals surface area contributed by atoms with E-state index in [-0.39, 0.29) is 5.56 Å². The van der Waals surface area contributed by atoms with Gasteiger partial charge in [0.15, 0.2) is 0 Å². The third-order valence-corrected chi connectivity index (χ3v) is 2.54. The maximum atomic E-state index is 12.9. The molecule has 2 N–H and O–H groups in total. The topological polar surface area (TPSA) is 38.9 Å². The molecule has 18 heavy (non-hydrogen) atoms. The van der Waals surface area contributed by atoms with Gasteiger partial charge >= 0.3 is 6.18 Å². The van der Waals surface area contributed by atoms with Crippen molar-refractivity contribution in [1.29, 1.82) is 0 Å². The number of hydrogen-bond donors (Lipinski definition) is 1. The molecule has 0 aliphatic rings. The summed E-state index contributed by atoms with van der Waals surface area (Å²) in [6, 6.07) is 5.84. The number of nitrogen functional groups attached to an aromatic ring is 1. The molecule has 2 rings (SSSR count). The molecule has 0 atom stereocenters. The average molecular weight is 252 g/mol. The molecule has 0 amide bonds. The van der Waals surface area contributed by atoms with E-state index in [1.807, 2.05) is 0 Å². The van der Waals surface area contributed by atoms with Crippen LogP contribution < -0.4 is 5.73 Å². The Morgan fingerprint density at radius 2 is 1.89 bits per heavy atom. The van der Waals surface area contributed by atoms with E-state index in [1.165, 1.54) is 12.3 Å². The van der Waals surface area contributed by atoms with Crippen LogP contribution in [-0.2, 0) is 6.18 Å². The summed E-state index contributed by atoms with van der Waals surface area (Å²) >= 11 is 0. The molecule has 0 spiro atoms. The Morgan fingerprint density at radius 3 is 2.50 bits per heavy atom. The molecule has 2 nitrogen and oxygen atoms in total. The van der Waals surface area contributed by atoms with Crippen LogP contribution in [0.3, 0.4) is 0 Å². The highest BCUT2D eigenvalue weighted by Crippen LogP contribution is 2.37. The van der Waals surface area contributed by atoms with Crippen molar-refractivity contribution in [3.8, 4) is 11.1 Å². The third-order valence-electron chi connectivity index (χ3n) is 2.54. The quantitative estimate of drug-likeness (QED) is 0.786. The minimum absolute atomic E-state index is 0.0420. The predicted octanol–water partition coefficient (Wildman–Crippen LogP) is 3.66. The Kier molecular flexibility index (Phi) is 2.98. The van der Waals surface area contributed by atoms with Gasteiger partial charge in [-0.15, -0.1) is 0 Å². The van der Waals surface area contributed by atoms with Crippen molar-refractivity contribution in [3.05, 3.63) is 47.8 Å². The molecule has 0 aliphatic heterocycles. The van der Waals surface area contributed by atoms with Crippen molar-refractivity contribution in [3.63, 3.8) is 0 Å². The highest BCUT2D eigenvalue weighted by atomic mass is 19.4. The van der Waals surface area contributed by atoms with Gasteiger partial charge in [-0.25, -0.2) is 0 Å². The molecule has 0 saturated carbocycles. The zero-order valence-electron chi connectivity index (χ0n) is 9.62. The molecule has 1 heterocycles. The van der Waals surface area contributed by atoms with Crippen molar-refractivity contribution in [2.45, 2.75) is 13.1 Å². The van der Waals surface area contributed by atoms with Gasteiger partial charge < -0.3 is 5.73 Å². The molecule has 94 valence electrons. The number of nitrogens with zero attached hydrogens (tertiary/aromatic N) is 1. The molecule has 0 radical (unpaired) electrons. The molecule has 2 aromatic rings. The highest BCUT2D eigenvalue weighted by Gasteiger charge is 2.33. The smallest absolute Gasteiger partial charge is 0.399 e. The summed E-state index contributed by atoms with van der Waals surface area (Å²) in [5, 5.41) is 0. The molecule has 0 fully saturated rings. The summed E-state index contributed by atoms with van der Waals surface area (Å²) in [7, 11) is 0. The van der Waals surface area contributed by atoms with Gasteiger partial charge in [0, 0.05) is 23.6 Å². The Balaban J connectivity index is 2.64. The van der Waals surface area contributed by atoms with E-state index in [4.69, 9.17) is 5.73 Å². The molecule has 1 aromatic carbocycles. The first-order valence-electron chi connectivity index (χ1n) is 5.26. The first-order valence-corrected chi connectivity index (χ1v) is 5.26. The Morgan fingerprint density at radius 1 is 1.17 bits per heavy atom. The third kappa shape index (κ3) is 2.45. The summed E-state index contributed by atoms with van der Waals surface area (Å²) in [6.07, 6.45) is -2.07. The van der Waals surface area contributed by atoms with Crippen LogP contribution >= 0.6 is 0 Å². The van der Waals surface area contributed by atoms with Gasteiger partial charge in [-0.3, -0.25) is 4.98 Å². The van der Waals surface area contributed by atoms with Gasteiger partial charge in [0.05, 0.1) is 5.56 Å². The number of pyridine rings is 1. The largest absolute Gasteiger partial charge is 0.417 e. The molecular weight excluding hydrogens is 241 g/mol. The normalized spacial score (nSPS) is 11.6. The predicted molar refractivity (Wildman–Crippen MR) is 63.8 cm³/mol. The fourth-order valence-corrected chi connectivity index (χ4v) is 1.84. The Bertz CT molecular complexity index is 556. The van der Waals surface area contributed by atoms with Crippen LogP contribution in [0.5, 0.6) is 0 Å². The van der Waals surface area contributed by atoms with Gasteiger partial charge in [-0.05, 0) is 36.2 Å². The number of nitrogens with two attached hydrogens (primary N) is 1. The second kappa shape index (κ2) is 4.33. The standard InChI is InChI=1S/C13H11F3N2/c1-8-4-9(6-10(17)5-8)11-7-18-3-2-12(11)13(14,15)16/h2-7H,17H2,1H3. The lowest BCUT2D eigenvalue weighted by atomic mass is 9.99. The zero-order valence-corrected chi connectivity index (χ0v) is 9.62. The molecule has 0 saturated heterocycles. The zero-order chi connectivity index (χ0) is 13.3. The maximum absolute atomic E-state index is 12.9. The summed E-state index contributed by atoms with van der Waals surface area (Å²) in [6.45, 7) is 1.78. The van der Waals surface area contributed by atoms with Crippen molar-refractivity contribution >= 4 is 5.69 Å². The molecular formula is C13H11F3N2. The maximum Gasteiger partial charge on any atom is 0.417 e.